The standard InChI is InChI=1S/C24H31N3O3/c28-22(19-9-11-20(12-10-19)26-23(29)21-8-7-17-30-21)25-18-24(13-3-1-4-14-24)27-15-5-2-6-16-27/h7-12,17H,1-6,13-16,18H2,(H,25,28)(H,26,29)/p+1. The number of carbonyl (C=O) groups is 2. The first-order valence-electron chi connectivity index (χ1n) is 11.2. The number of rotatable bonds is 6. The minimum Gasteiger partial charge on any atom is -0.459 e. The molecule has 4 rings (SSSR count). The Kier molecular flexibility index (Phi) is 6.53. The Balaban J connectivity index is 1.36. The average Bonchev–Trinajstić information content (AvgIpc) is 3.34. The lowest BCUT2D eigenvalue weighted by Gasteiger charge is -2.45. The van der Waals surface area contributed by atoms with Crippen LogP contribution in [-0.2, 0) is 0 Å². The number of hydrogen-bond acceptors (Lipinski definition) is 3. The number of amides is 2. The summed E-state index contributed by atoms with van der Waals surface area (Å²) in [6.45, 7) is 3.22. The molecule has 6 heteroatoms. The van der Waals surface area contributed by atoms with Crippen LogP contribution in [0, 0.1) is 0 Å². The van der Waals surface area contributed by atoms with Gasteiger partial charge >= 0.3 is 0 Å². The Morgan fingerprint density at radius 1 is 0.900 bits per heavy atom. The van der Waals surface area contributed by atoms with Gasteiger partial charge in [-0.05, 0) is 68.5 Å². The van der Waals surface area contributed by atoms with E-state index in [1.54, 1.807) is 41.3 Å². The van der Waals surface area contributed by atoms with Gasteiger partial charge in [0, 0.05) is 24.1 Å². The number of nitrogens with one attached hydrogen (secondary N) is 3. The summed E-state index contributed by atoms with van der Waals surface area (Å²) in [7, 11) is 0. The zero-order valence-electron chi connectivity index (χ0n) is 17.5. The van der Waals surface area contributed by atoms with Crippen molar-refractivity contribution in [1.29, 1.82) is 0 Å². The van der Waals surface area contributed by atoms with Gasteiger partial charge in [-0.2, -0.15) is 0 Å². The molecule has 2 heterocycles. The maximum atomic E-state index is 12.8. The third-order valence-corrected chi connectivity index (χ3v) is 6.76. The molecule has 2 aromatic rings. The quantitative estimate of drug-likeness (QED) is 0.685. The number of anilines is 1. The highest BCUT2D eigenvalue weighted by atomic mass is 16.3. The molecule has 1 aliphatic heterocycles. The fraction of sp³-hybridized carbons (Fsp3) is 0.500. The molecule has 1 saturated carbocycles. The molecule has 30 heavy (non-hydrogen) atoms. The lowest BCUT2D eigenvalue weighted by atomic mass is 9.79. The highest BCUT2D eigenvalue weighted by Gasteiger charge is 2.42. The maximum Gasteiger partial charge on any atom is 0.291 e. The van der Waals surface area contributed by atoms with Crippen molar-refractivity contribution in [2.45, 2.75) is 56.9 Å². The molecular formula is C24H32N3O3+. The number of benzene rings is 1. The van der Waals surface area contributed by atoms with Crippen molar-refractivity contribution in [2.75, 3.05) is 25.0 Å². The van der Waals surface area contributed by atoms with Gasteiger partial charge in [-0.3, -0.25) is 9.59 Å². The number of quaternary nitrogens is 1. The van der Waals surface area contributed by atoms with Crippen LogP contribution in [0.1, 0.15) is 72.3 Å². The minimum atomic E-state index is -0.305. The molecule has 1 aromatic heterocycles. The van der Waals surface area contributed by atoms with Crippen LogP contribution in [0.15, 0.2) is 47.1 Å². The van der Waals surface area contributed by atoms with E-state index in [1.165, 1.54) is 70.7 Å². The summed E-state index contributed by atoms with van der Waals surface area (Å²) < 4.78 is 5.10. The van der Waals surface area contributed by atoms with E-state index in [9.17, 15) is 9.59 Å². The lowest BCUT2D eigenvalue weighted by Crippen LogP contribution is -3.22. The molecule has 0 unspecified atom stereocenters. The van der Waals surface area contributed by atoms with Crippen LogP contribution in [-0.4, -0.2) is 37.0 Å². The van der Waals surface area contributed by atoms with E-state index in [4.69, 9.17) is 4.42 Å². The van der Waals surface area contributed by atoms with Crippen molar-refractivity contribution in [3.8, 4) is 0 Å². The van der Waals surface area contributed by atoms with Crippen molar-refractivity contribution in [3.05, 3.63) is 54.0 Å². The van der Waals surface area contributed by atoms with Crippen LogP contribution >= 0.6 is 0 Å². The SMILES string of the molecule is O=C(NCC1([NH+]2CCCCC2)CCCCC1)c1ccc(NC(=O)c2ccco2)cc1. The van der Waals surface area contributed by atoms with E-state index in [2.05, 4.69) is 10.6 Å². The Labute approximate surface area is 178 Å². The summed E-state index contributed by atoms with van der Waals surface area (Å²) in [5.41, 5.74) is 1.45. The highest BCUT2D eigenvalue weighted by molar-refractivity contribution is 6.02. The molecular weight excluding hydrogens is 378 g/mol. The van der Waals surface area contributed by atoms with Crippen LogP contribution in [0.4, 0.5) is 5.69 Å². The van der Waals surface area contributed by atoms with Gasteiger partial charge in [0.2, 0.25) is 0 Å². The van der Waals surface area contributed by atoms with Gasteiger partial charge in [0.15, 0.2) is 5.76 Å². The van der Waals surface area contributed by atoms with Crippen LogP contribution in [0.3, 0.4) is 0 Å². The topological polar surface area (TPSA) is 75.8 Å². The molecule has 0 atom stereocenters. The predicted molar refractivity (Wildman–Crippen MR) is 116 cm³/mol. The van der Waals surface area contributed by atoms with E-state index in [0.717, 1.165) is 6.54 Å². The molecule has 0 bridgehead atoms. The van der Waals surface area contributed by atoms with E-state index in [1.807, 2.05) is 0 Å². The van der Waals surface area contributed by atoms with Crippen molar-refractivity contribution < 1.29 is 18.9 Å². The molecule has 1 saturated heterocycles. The molecule has 0 radical (unpaired) electrons. The van der Waals surface area contributed by atoms with Gasteiger partial charge in [-0.1, -0.05) is 6.42 Å². The first-order chi connectivity index (χ1) is 14.7. The molecule has 0 spiro atoms. The summed E-state index contributed by atoms with van der Waals surface area (Å²) in [5.74, 6) is -0.0870. The smallest absolute Gasteiger partial charge is 0.291 e. The summed E-state index contributed by atoms with van der Waals surface area (Å²) in [6.07, 6.45) is 11.7. The number of furan rings is 1. The first-order valence-corrected chi connectivity index (χ1v) is 11.2. The van der Waals surface area contributed by atoms with Crippen molar-refractivity contribution in [3.63, 3.8) is 0 Å². The van der Waals surface area contributed by atoms with Crippen LogP contribution in [0.25, 0.3) is 0 Å². The predicted octanol–water partition coefficient (Wildman–Crippen LogP) is 3.03. The van der Waals surface area contributed by atoms with Gasteiger partial charge in [0.25, 0.3) is 11.8 Å². The molecule has 2 fully saturated rings. The van der Waals surface area contributed by atoms with E-state index < -0.39 is 0 Å². The van der Waals surface area contributed by atoms with E-state index in [0.29, 0.717) is 11.3 Å². The van der Waals surface area contributed by atoms with Crippen LogP contribution < -0.4 is 15.5 Å². The third kappa shape index (κ3) is 4.75. The zero-order chi connectivity index (χ0) is 20.8. The third-order valence-electron chi connectivity index (χ3n) is 6.76. The molecule has 3 N–H and O–H groups in total. The normalized spacial score (nSPS) is 19.2. The van der Waals surface area contributed by atoms with Crippen LogP contribution in [0.2, 0.25) is 0 Å². The second-order valence-corrected chi connectivity index (χ2v) is 8.70. The molecule has 160 valence electrons. The van der Waals surface area contributed by atoms with E-state index >= 15 is 0 Å². The largest absolute Gasteiger partial charge is 0.459 e. The molecule has 2 amide bonds. The molecule has 1 aliphatic carbocycles. The second kappa shape index (κ2) is 9.47. The van der Waals surface area contributed by atoms with Gasteiger partial charge < -0.3 is 20.0 Å². The van der Waals surface area contributed by atoms with Crippen molar-refractivity contribution >= 4 is 17.5 Å². The zero-order valence-corrected chi connectivity index (χ0v) is 17.5. The number of piperidine rings is 1. The number of hydrogen-bond donors (Lipinski definition) is 3. The average molecular weight is 411 g/mol. The number of carbonyl (C=O) groups excluding carboxylic acids is 2. The van der Waals surface area contributed by atoms with Crippen molar-refractivity contribution in [2.24, 2.45) is 0 Å². The summed E-state index contributed by atoms with van der Waals surface area (Å²) in [5, 5.41) is 6.00. The van der Waals surface area contributed by atoms with E-state index in [-0.39, 0.29) is 23.1 Å². The monoisotopic (exact) mass is 410 g/mol. The van der Waals surface area contributed by atoms with Gasteiger partial charge in [0.1, 0.15) is 5.54 Å². The van der Waals surface area contributed by atoms with Gasteiger partial charge in [-0.15, -0.1) is 0 Å². The van der Waals surface area contributed by atoms with Gasteiger partial charge in [0.05, 0.1) is 25.9 Å². The highest BCUT2D eigenvalue weighted by Crippen LogP contribution is 2.26. The Morgan fingerprint density at radius 3 is 2.27 bits per heavy atom. The Morgan fingerprint density at radius 2 is 1.60 bits per heavy atom. The summed E-state index contributed by atoms with van der Waals surface area (Å²) in [4.78, 5) is 26.6. The minimum absolute atomic E-state index is 0.0414. The Hall–Kier alpha value is -2.60. The first kappa shape index (κ1) is 20.7. The van der Waals surface area contributed by atoms with Crippen LogP contribution in [0.5, 0.6) is 0 Å². The van der Waals surface area contributed by atoms with Crippen molar-refractivity contribution in [1.82, 2.24) is 5.32 Å². The fourth-order valence-corrected chi connectivity index (χ4v) is 5.05. The number of likely N-dealkylation sites (tertiary alicyclic amines) is 1. The fourth-order valence-electron chi connectivity index (χ4n) is 5.05. The summed E-state index contributed by atoms with van der Waals surface area (Å²) >= 11 is 0. The Bertz CT molecular complexity index is 833. The molecule has 6 nitrogen and oxygen atoms in total. The second-order valence-electron chi connectivity index (χ2n) is 8.70. The molecule has 1 aromatic carbocycles. The molecule has 2 aliphatic rings. The van der Waals surface area contributed by atoms with Gasteiger partial charge in [-0.25, -0.2) is 0 Å². The maximum absolute atomic E-state index is 12.8. The lowest BCUT2D eigenvalue weighted by molar-refractivity contribution is -0.957. The summed E-state index contributed by atoms with van der Waals surface area (Å²) in [6, 6.07) is 10.3.